The SMILES string of the molecule is Cc1cc(C)c(C)c(S(=O)(=O)N2CCN(C(=O)Cc3ccc(Br)cc3)CC2)c1C. The number of piperazine rings is 1. The number of amides is 1. The second kappa shape index (κ2) is 8.58. The van der Waals surface area contributed by atoms with E-state index in [0.717, 1.165) is 32.3 Å². The van der Waals surface area contributed by atoms with Gasteiger partial charge in [0.1, 0.15) is 0 Å². The van der Waals surface area contributed by atoms with Gasteiger partial charge >= 0.3 is 0 Å². The maximum Gasteiger partial charge on any atom is 0.243 e. The molecule has 2 aromatic rings. The molecule has 2 aromatic carbocycles. The Kier molecular flexibility index (Phi) is 6.51. The second-order valence-corrected chi connectivity index (χ2v) is 10.5. The van der Waals surface area contributed by atoms with Crippen LogP contribution in [-0.2, 0) is 21.2 Å². The number of aryl methyl sites for hydroxylation is 2. The first-order chi connectivity index (χ1) is 13.6. The van der Waals surface area contributed by atoms with E-state index in [-0.39, 0.29) is 5.91 Å². The van der Waals surface area contributed by atoms with Gasteiger partial charge in [0.2, 0.25) is 15.9 Å². The van der Waals surface area contributed by atoms with Crippen LogP contribution in [0.5, 0.6) is 0 Å². The van der Waals surface area contributed by atoms with Crippen molar-refractivity contribution in [1.82, 2.24) is 9.21 Å². The summed E-state index contributed by atoms with van der Waals surface area (Å²) in [6.07, 6.45) is 0.329. The van der Waals surface area contributed by atoms with Crippen LogP contribution in [0, 0.1) is 27.7 Å². The van der Waals surface area contributed by atoms with Gasteiger partial charge in [0.05, 0.1) is 11.3 Å². The van der Waals surface area contributed by atoms with Crippen molar-refractivity contribution >= 4 is 31.9 Å². The van der Waals surface area contributed by atoms with Gasteiger partial charge < -0.3 is 4.90 Å². The van der Waals surface area contributed by atoms with Crippen LogP contribution >= 0.6 is 15.9 Å². The van der Waals surface area contributed by atoms with Crippen molar-refractivity contribution < 1.29 is 13.2 Å². The molecule has 0 saturated carbocycles. The number of hydrogen-bond acceptors (Lipinski definition) is 3. The van der Waals surface area contributed by atoms with E-state index in [1.165, 1.54) is 4.31 Å². The Hall–Kier alpha value is -1.70. The topological polar surface area (TPSA) is 57.7 Å². The van der Waals surface area contributed by atoms with Crippen LogP contribution in [-0.4, -0.2) is 49.7 Å². The molecular formula is C22H27BrN2O3S. The van der Waals surface area contributed by atoms with Gasteiger partial charge in [0, 0.05) is 30.7 Å². The molecule has 0 radical (unpaired) electrons. The number of rotatable bonds is 4. The van der Waals surface area contributed by atoms with Crippen LogP contribution in [0.15, 0.2) is 39.7 Å². The highest BCUT2D eigenvalue weighted by molar-refractivity contribution is 9.10. The smallest absolute Gasteiger partial charge is 0.243 e. The minimum atomic E-state index is -3.59. The number of sulfonamides is 1. The lowest BCUT2D eigenvalue weighted by molar-refractivity contribution is -0.131. The van der Waals surface area contributed by atoms with E-state index in [4.69, 9.17) is 0 Å². The largest absolute Gasteiger partial charge is 0.340 e. The van der Waals surface area contributed by atoms with Crippen molar-refractivity contribution in [3.05, 3.63) is 62.6 Å². The molecule has 1 fully saturated rings. The maximum absolute atomic E-state index is 13.4. The predicted molar refractivity (Wildman–Crippen MR) is 119 cm³/mol. The van der Waals surface area contributed by atoms with Gasteiger partial charge in [-0.1, -0.05) is 34.1 Å². The standard InChI is InChI=1S/C22H27BrN2O3S/c1-15-13-16(2)18(4)22(17(15)3)29(27,28)25-11-9-24(10-12-25)21(26)14-19-5-7-20(23)8-6-19/h5-8,13H,9-12,14H2,1-4H3. The summed E-state index contributed by atoms with van der Waals surface area (Å²) in [7, 11) is -3.59. The molecule has 0 spiro atoms. The molecule has 156 valence electrons. The molecule has 0 aromatic heterocycles. The number of carbonyl (C=O) groups is 1. The maximum atomic E-state index is 13.4. The molecule has 1 amide bonds. The fourth-order valence-electron chi connectivity index (χ4n) is 3.76. The van der Waals surface area contributed by atoms with E-state index in [9.17, 15) is 13.2 Å². The first-order valence-corrected chi connectivity index (χ1v) is 11.9. The van der Waals surface area contributed by atoms with Gasteiger partial charge in [0.15, 0.2) is 0 Å². The third-order valence-corrected chi connectivity index (χ3v) is 8.46. The Bertz CT molecular complexity index is 999. The first-order valence-electron chi connectivity index (χ1n) is 9.71. The molecule has 1 heterocycles. The van der Waals surface area contributed by atoms with Gasteiger partial charge in [-0.25, -0.2) is 8.42 Å². The summed E-state index contributed by atoms with van der Waals surface area (Å²) in [4.78, 5) is 14.8. The lowest BCUT2D eigenvalue weighted by Gasteiger charge is -2.35. The Labute approximate surface area is 181 Å². The number of hydrogen-bond donors (Lipinski definition) is 0. The molecule has 0 N–H and O–H groups in total. The van der Waals surface area contributed by atoms with Crippen LogP contribution < -0.4 is 0 Å². The zero-order valence-electron chi connectivity index (χ0n) is 17.3. The van der Waals surface area contributed by atoms with Crippen LogP contribution in [0.3, 0.4) is 0 Å². The van der Waals surface area contributed by atoms with Crippen molar-refractivity contribution in [2.24, 2.45) is 0 Å². The van der Waals surface area contributed by atoms with E-state index in [0.29, 0.717) is 37.5 Å². The highest BCUT2D eigenvalue weighted by atomic mass is 79.9. The summed E-state index contributed by atoms with van der Waals surface area (Å²) >= 11 is 3.39. The van der Waals surface area contributed by atoms with Crippen molar-refractivity contribution in [2.75, 3.05) is 26.2 Å². The quantitative estimate of drug-likeness (QED) is 0.671. The first kappa shape index (κ1) is 22.0. The van der Waals surface area contributed by atoms with Crippen molar-refractivity contribution in [3.8, 4) is 0 Å². The summed E-state index contributed by atoms with van der Waals surface area (Å²) in [5, 5.41) is 0. The Morgan fingerprint density at radius 2 is 1.45 bits per heavy atom. The van der Waals surface area contributed by atoms with Gasteiger partial charge in [-0.05, 0) is 67.6 Å². The van der Waals surface area contributed by atoms with E-state index < -0.39 is 10.0 Å². The summed E-state index contributed by atoms with van der Waals surface area (Å²) in [6.45, 7) is 9.09. The van der Waals surface area contributed by atoms with E-state index in [1.807, 2.05) is 58.0 Å². The number of halogens is 1. The van der Waals surface area contributed by atoms with Crippen LogP contribution in [0.4, 0.5) is 0 Å². The fraction of sp³-hybridized carbons (Fsp3) is 0.409. The third kappa shape index (κ3) is 4.57. The van der Waals surface area contributed by atoms with Crippen LogP contribution in [0.2, 0.25) is 0 Å². The number of carbonyl (C=O) groups excluding carboxylic acids is 1. The molecule has 1 saturated heterocycles. The average molecular weight is 479 g/mol. The summed E-state index contributed by atoms with van der Waals surface area (Å²) in [6, 6.07) is 9.72. The zero-order valence-corrected chi connectivity index (χ0v) is 19.7. The average Bonchev–Trinajstić information content (AvgIpc) is 2.68. The molecule has 1 aliphatic heterocycles. The Balaban J connectivity index is 1.72. The van der Waals surface area contributed by atoms with E-state index in [2.05, 4.69) is 15.9 Å². The van der Waals surface area contributed by atoms with Crippen molar-refractivity contribution in [2.45, 2.75) is 39.0 Å². The summed E-state index contributed by atoms with van der Waals surface area (Å²) in [5.41, 5.74) is 4.53. The molecule has 1 aliphatic rings. The van der Waals surface area contributed by atoms with E-state index >= 15 is 0 Å². The van der Waals surface area contributed by atoms with Gasteiger partial charge in [-0.2, -0.15) is 4.31 Å². The molecular weight excluding hydrogens is 452 g/mol. The predicted octanol–water partition coefficient (Wildman–Crippen LogP) is 3.76. The highest BCUT2D eigenvalue weighted by Gasteiger charge is 2.32. The zero-order chi connectivity index (χ0) is 21.3. The lowest BCUT2D eigenvalue weighted by atomic mass is 10.0. The van der Waals surface area contributed by atoms with Crippen LogP contribution in [0.1, 0.15) is 27.8 Å². The van der Waals surface area contributed by atoms with Gasteiger partial charge in [0.25, 0.3) is 0 Å². The highest BCUT2D eigenvalue weighted by Crippen LogP contribution is 2.29. The Morgan fingerprint density at radius 1 is 0.931 bits per heavy atom. The van der Waals surface area contributed by atoms with Gasteiger partial charge in [-0.15, -0.1) is 0 Å². The molecule has 0 aliphatic carbocycles. The molecule has 0 bridgehead atoms. The fourth-order valence-corrected chi connectivity index (χ4v) is 6.03. The Morgan fingerprint density at radius 3 is 1.97 bits per heavy atom. The van der Waals surface area contributed by atoms with Crippen molar-refractivity contribution in [3.63, 3.8) is 0 Å². The minimum Gasteiger partial charge on any atom is -0.340 e. The number of nitrogens with zero attached hydrogens (tertiary/aromatic N) is 2. The normalized spacial score (nSPS) is 15.6. The molecule has 5 nitrogen and oxygen atoms in total. The molecule has 0 atom stereocenters. The molecule has 3 rings (SSSR count). The lowest BCUT2D eigenvalue weighted by Crippen LogP contribution is -2.51. The van der Waals surface area contributed by atoms with Crippen LogP contribution in [0.25, 0.3) is 0 Å². The summed E-state index contributed by atoms with van der Waals surface area (Å²) in [5.74, 6) is 0.0307. The molecule has 0 unspecified atom stereocenters. The molecule has 29 heavy (non-hydrogen) atoms. The second-order valence-electron chi connectivity index (χ2n) is 7.68. The monoisotopic (exact) mass is 478 g/mol. The number of benzene rings is 2. The van der Waals surface area contributed by atoms with Crippen molar-refractivity contribution in [1.29, 1.82) is 0 Å². The molecule has 7 heteroatoms. The van der Waals surface area contributed by atoms with E-state index in [1.54, 1.807) is 4.90 Å². The minimum absolute atomic E-state index is 0.0307. The van der Waals surface area contributed by atoms with Gasteiger partial charge in [-0.3, -0.25) is 4.79 Å². The summed E-state index contributed by atoms with van der Waals surface area (Å²) < 4.78 is 29.2. The third-order valence-electron chi connectivity index (χ3n) is 5.76.